The first-order valence-corrected chi connectivity index (χ1v) is 5.62. The van der Waals surface area contributed by atoms with E-state index in [9.17, 15) is 4.79 Å². The second-order valence-corrected chi connectivity index (χ2v) is 3.95. The molecule has 1 rings (SSSR count). The summed E-state index contributed by atoms with van der Waals surface area (Å²) >= 11 is 0. The smallest absolute Gasteiger partial charge is 0.269 e. The van der Waals surface area contributed by atoms with Crippen LogP contribution in [0.15, 0.2) is 6.07 Å². The van der Waals surface area contributed by atoms with Gasteiger partial charge in [0, 0.05) is 13.1 Å². The molecule has 16 heavy (non-hydrogen) atoms. The van der Waals surface area contributed by atoms with E-state index in [4.69, 9.17) is 5.73 Å². The zero-order chi connectivity index (χ0) is 12.1. The zero-order valence-corrected chi connectivity index (χ0v) is 10.2. The topological polar surface area (TPSA) is 72.9 Å². The fraction of sp³-hybridized carbons (Fsp3) is 0.636. The number of hydrogen-bond donors (Lipinski definition) is 2. The van der Waals surface area contributed by atoms with Crippen molar-refractivity contribution in [3.05, 3.63) is 17.5 Å². The molecule has 90 valence electrons. The summed E-state index contributed by atoms with van der Waals surface area (Å²) < 4.78 is 1.61. The SMILES string of the molecule is CCc1cc(C(=O)NC(C)CCN)n(C)n1. The monoisotopic (exact) mass is 224 g/mol. The van der Waals surface area contributed by atoms with E-state index < -0.39 is 0 Å². The highest BCUT2D eigenvalue weighted by Gasteiger charge is 2.14. The van der Waals surface area contributed by atoms with E-state index >= 15 is 0 Å². The number of rotatable bonds is 5. The molecule has 1 heterocycles. The van der Waals surface area contributed by atoms with E-state index in [1.165, 1.54) is 0 Å². The van der Waals surface area contributed by atoms with Crippen LogP contribution in [0.4, 0.5) is 0 Å². The van der Waals surface area contributed by atoms with E-state index in [0.717, 1.165) is 18.5 Å². The van der Waals surface area contributed by atoms with Gasteiger partial charge in [-0.15, -0.1) is 0 Å². The standard InChI is InChI=1S/C11H20N4O/c1-4-9-7-10(15(3)14-9)11(16)13-8(2)5-6-12/h7-8H,4-6,12H2,1-3H3,(H,13,16). The van der Waals surface area contributed by atoms with E-state index in [1.54, 1.807) is 11.7 Å². The zero-order valence-electron chi connectivity index (χ0n) is 10.2. The Bertz CT molecular complexity index is 359. The van der Waals surface area contributed by atoms with Crippen LogP contribution in [0.5, 0.6) is 0 Å². The maximum Gasteiger partial charge on any atom is 0.269 e. The van der Waals surface area contributed by atoms with Crippen LogP contribution >= 0.6 is 0 Å². The minimum Gasteiger partial charge on any atom is -0.348 e. The Kier molecular flexibility index (Phi) is 4.49. The van der Waals surface area contributed by atoms with Crippen molar-refractivity contribution < 1.29 is 4.79 Å². The number of hydrogen-bond acceptors (Lipinski definition) is 3. The lowest BCUT2D eigenvalue weighted by atomic mass is 10.2. The van der Waals surface area contributed by atoms with Crippen LogP contribution < -0.4 is 11.1 Å². The number of carbonyl (C=O) groups is 1. The highest BCUT2D eigenvalue weighted by molar-refractivity contribution is 5.92. The quantitative estimate of drug-likeness (QED) is 0.762. The average Bonchev–Trinajstić information content (AvgIpc) is 2.60. The molecule has 1 aromatic heterocycles. The van der Waals surface area contributed by atoms with Crippen molar-refractivity contribution in [2.75, 3.05) is 6.54 Å². The predicted octanol–water partition coefficient (Wildman–Crippen LogP) is 0.450. The lowest BCUT2D eigenvalue weighted by Gasteiger charge is -2.12. The Morgan fingerprint density at radius 3 is 2.88 bits per heavy atom. The summed E-state index contributed by atoms with van der Waals surface area (Å²) in [6.07, 6.45) is 1.61. The van der Waals surface area contributed by atoms with Crippen molar-refractivity contribution in [1.29, 1.82) is 0 Å². The summed E-state index contributed by atoms with van der Waals surface area (Å²) in [4.78, 5) is 11.9. The summed E-state index contributed by atoms with van der Waals surface area (Å²) in [5.41, 5.74) is 6.96. The number of aryl methyl sites for hydroxylation is 2. The largest absolute Gasteiger partial charge is 0.348 e. The molecule has 0 aliphatic rings. The molecule has 3 N–H and O–H groups in total. The van der Waals surface area contributed by atoms with Crippen molar-refractivity contribution in [3.8, 4) is 0 Å². The molecule has 0 aromatic carbocycles. The van der Waals surface area contributed by atoms with Gasteiger partial charge in [0.15, 0.2) is 0 Å². The van der Waals surface area contributed by atoms with Gasteiger partial charge in [-0.05, 0) is 32.4 Å². The molecule has 0 saturated carbocycles. The molecular formula is C11H20N4O. The lowest BCUT2D eigenvalue weighted by Crippen LogP contribution is -2.35. The van der Waals surface area contributed by atoms with Gasteiger partial charge < -0.3 is 11.1 Å². The summed E-state index contributed by atoms with van der Waals surface area (Å²) in [6, 6.07) is 1.92. The minimum absolute atomic E-state index is 0.0874. The number of nitrogens with zero attached hydrogens (tertiary/aromatic N) is 2. The van der Waals surface area contributed by atoms with Gasteiger partial charge in [0.05, 0.1) is 5.69 Å². The fourth-order valence-electron chi connectivity index (χ4n) is 1.53. The second kappa shape index (κ2) is 5.65. The van der Waals surface area contributed by atoms with Crippen LogP contribution in [0.2, 0.25) is 0 Å². The third kappa shape index (κ3) is 3.06. The highest BCUT2D eigenvalue weighted by atomic mass is 16.2. The minimum atomic E-state index is -0.0874. The fourth-order valence-corrected chi connectivity index (χ4v) is 1.53. The molecule has 0 bridgehead atoms. The molecule has 0 aliphatic heterocycles. The number of aromatic nitrogens is 2. The molecule has 5 heteroatoms. The van der Waals surface area contributed by atoms with E-state index in [2.05, 4.69) is 10.4 Å². The van der Waals surface area contributed by atoms with Gasteiger partial charge >= 0.3 is 0 Å². The first-order chi connectivity index (χ1) is 7.58. The van der Waals surface area contributed by atoms with E-state index in [0.29, 0.717) is 12.2 Å². The van der Waals surface area contributed by atoms with Crippen molar-refractivity contribution in [3.63, 3.8) is 0 Å². The van der Waals surface area contributed by atoms with Crippen LogP contribution in [-0.4, -0.2) is 28.3 Å². The molecule has 1 aromatic rings. The Balaban J connectivity index is 2.68. The third-order valence-electron chi connectivity index (χ3n) is 2.50. The van der Waals surface area contributed by atoms with E-state index in [-0.39, 0.29) is 11.9 Å². The lowest BCUT2D eigenvalue weighted by molar-refractivity contribution is 0.0929. The molecule has 5 nitrogen and oxygen atoms in total. The van der Waals surface area contributed by atoms with Gasteiger partial charge in [-0.3, -0.25) is 9.48 Å². The maximum absolute atomic E-state index is 11.9. The highest BCUT2D eigenvalue weighted by Crippen LogP contribution is 2.04. The molecule has 0 spiro atoms. The molecular weight excluding hydrogens is 204 g/mol. The molecule has 1 atom stereocenters. The van der Waals surface area contributed by atoms with Crippen molar-refractivity contribution in [2.45, 2.75) is 32.7 Å². The summed E-state index contributed by atoms with van der Waals surface area (Å²) in [6.45, 7) is 4.54. The summed E-state index contributed by atoms with van der Waals surface area (Å²) in [5, 5.41) is 7.13. The van der Waals surface area contributed by atoms with Gasteiger partial charge in [0.25, 0.3) is 5.91 Å². The Labute approximate surface area is 96.0 Å². The second-order valence-electron chi connectivity index (χ2n) is 3.95. The molecule has 1 amide bonds. The van der Waals surface area contributed by atoms with Gasteiger partial charge in [0.2, 0.25) is 0 Å². The van der Waals surface area contributed by atoms with Gasteiger partial charge in [-0.25, -0.2) is 0 Å². The number of nitrogens with two attached hydrogens (primary N) is 1. The number of carbonyl (C=O) groups excluding carboxylic acids is 1. The average molecular weight is 224 g/mol. The molecule has 0 radical (unpaired) electrons. The number of amides is 1. The Hall–Kier alpha value is -1.36. The van der Waals surface area contributed by atoms with Crippen LogP contribution in [0.25, 0.3) is 0 Å². The number of nitrogens with one attached hydrogen (secondary N) is 1. The van der Waals surface area contributed by atoms with E-state index in [1.807, 2.05) is 19.9 Å². The van der Waals surface area contributed by atoms with Crippen LogP contribution in [-0.2, 0) is 13.5 Å². The summed E-state index contributed by atoms with van der Waals surface area (Å²) in [7, 11) is 1.78. The van der Waals surface area contributed by atoms with Crippen molar-refractivity contribution in [1.82, 2.24) is 15.1 Å². The van der Waals surface area contributed by atoms with Crippen LogP contribution in [0.3, 0.4) is 0 Å². The normalized spacial score (nSPS) is 12.5. The van der Waals surface area contributed by atoms with Gasteiger partial charge in [0.1, 0.15) is 5.69 Å². The molecule has 0 fully saturated rings. The van der Waals surface area contributed by atoms with Crippen LogP contribution in [0.1, 0.15) is 36.5 Å². The molecule has 0 saturated heterocycles. The van der Waals surface area contributed by atoms with Crippen molar-refractivity contribution in [2.24, 2.45) is 12.8 Å². The molecule has 1 unspecified atom stereocenters. The first kappa shape index (κ1) is 12.7. The van der Waals surface area contributed by atoms with Gasteiger partial charge in [-0.2, -0.15) is 5.10 Å². The van der Waals surface area contributed by atoms with Crippen molar-refractivity contribution >= 4 is 5.91 Å². The third-order valence-corrected chi connectivity index (χ3v) is 2.50. The summed E-state index contributed by atoms with van der Waals surface area (Å²) in [5.74, 6) is -0.0874. The predicted molar refractivity (Wildman–Crippen MR) is 63.2 cm³/mol. The van der Waals surface area contributed by atoms with Gasteiger partial charge in [-0.1, -0.05) is 6.92 Å². The maximum atomic E-state index is 11.9. The Morgan fingerprint density at radius 1 is 1.69 bits per heavy atom. The molecule has 0 aliphatic carbocycles. The van der Waals surface area contributed by atoms with Crippen LogP contribution in [0, 0.1) is 0 Å². The first-order valence-electron chi connectivity index (χ1n) is 5.62. The Morgan fingerprint density at radius 2 is 2.38 bits per heavy atom.